The van der Waals surface area contributed by atoms with Gasteiger partial charge in [0, 0.05) is 0 Å². The van der Waals surface area contributed by atoms with Gasteiger partial charge < -0.3 is 4.74 Å². The molecule has 0 saturated carbocycles. The highest BCUT2D eigenvalue weighted by Gasteiger charge is 2.45. The first-order valence-electron chi connectivity index (χ1n) is 11.8. The van der Waals surface area contributed by atoms with Crippen LogP contribution < -0.4 is 9.92 Å². The summed E-state index contributed by atoms with van der Waals surface area (Å²) in [4.78, 5) is 0. The summed E-state index contributed by atoms with van der Waals surface area (Å²) in [7, 11) is -0.0908. The number of hydrogen-bond donors (Lipinski definition) is 0. The van der Waals surface area contributed by atoms with Crippen LogP contribution in [0.2, 0.25) is 12.1 Å². The molecule has 0 heterocycles. The van der Waals surface area contributed by atoms with Gasteiger partial charge in [-0.1, -0.05) is 103 Å². The summed E-state index contributed by atoms with van der Waals surface area (Å²) in [6.45, 7) is 28.3. The van der Waals surface area contributed by atoms with E-state index in [1.54, 1.807) is 16.3 Å². The molecular formula is C28H46OSi. The van der Waals surface area contributed by atoms with Crippen LogP contribution in [0.1, 0.15) is 94.2 Å². The Bertz CT molecular complexity index is 867. The van der Waals surface area contributed by atoms with Crippen molar-refractivity contribution in [1.29, 1.82) is 0 Å². The van der Waals surface area contributed by atoms with Gasteiger partial charge in [0.2, 0.25) is 0 Å². The lowest BCUT2D eigenvalue weighted by Gasteiger charge is -2.39. The van der Waals surface area contributed by atoms with Gasteiger partial charge in [-0.25, -0.2) is 0 Å². The summed E-state index contributed by atoms with van der Waals surface area (Å²) in [5.41, 5.74) is 7.57. The lowest BCUT2D eigenvalue weighted by Crippen LogP contribution is -2.52. The Labute approximate surface area is 188 Å². The molecule has 1 aliphatic rings. The van der Waals surface area contributed by atoms with Crippen molar-refractivity contribution in [1.82, 2.24) is 0 Å². The number of allylic oxidation sites excluding steroid dienone is 4. The smallest absolute Gasteiger partial charge is 0.122 e. The molecule has 0 bridgehead atoms. The van der Waals surface area contributed by atoms with Crippen molar-refractivity contribution in [2.45, 2.75) is 106 Å². The van der Waals surface area contributed by atoms with Gasteiger partial charge in [0.15, 0.2) is 0 Å². The predicted octanol–water partition coefficient (Wildman–Crippen LogP) is 7.83. The van der Waals surface area contributed by atoms with Gasteiger partial charge in [-0.3, -0.25) is 0 Å². The molecule has 1 atom stereocenters. The monoisotopic (exact) mass is 426 g/mol. The van der Waals surface area contributed by atoms with E-state index >= 15 is 0 Å². The molecular weight excluding hydrogens is 380 g/mol. The van der Waals surface area contributed by atoms with E-state index in [-0.39, 0.29) is 10.8 Å². The fraction of sp³-hybridized carbons (Fsp3) is 0.643. The largest absolute Gasteiger partial charge is 0.497 e. The Morgan fingerprint density at radius 3 is 1.73 bits per heavy atom. The molecule has 1 nitrogen and oxygen atoms in total. The van der Waals surface area contributed by atoms with Crippen LogP contribution in [-0.4, -0.2) is 15.2 Å². The molecule has 0 N–H and O–H groups in total. The summed E-state index contributed by atoms with van der Waals surface area (Å²) in [6, 6.07) is 7.38. The summed E-state index contributed by atoms with van der Waals surface area (Å²) in [5, 5.41) is 3.27. The Balaban J connectivity index is 3.01. The maximum Gasteiger partial charge on any atom is 0.122 e. The fourth-order valence-electron chi connectivity index (χ4n) is 5.49. The molecule has 168 valence electrons. The third kappa shape index (κ3) is 3.97. The van der Waals surface area contributed by atoms with Crippen molar-refractivity contribution in [2.24, 2.45) is 5.92 Å². The van der Waals surface area contributed by atoms with Crippen molar-refractivity contribution in [3.8, 4) is 5.75 Å². The highest BCUT2D eigenvalue weighted by molar-refractivity contribution is 6.98. The first-order chi connectivity index (χ1) is 13.7. The summed E-state index contributed by atoms with van der Waals surface area (Å²) < 4.78 is 6.26. The Hall–Kier alpha value is -1.28. The maximum absolute atomic E-state index is 6.26. The average molecular weight is 427 g/mol. The lowest BCUT2D eigenvalue weighted by atomic mass is 9.80. The molecule has 2 rings (SSSR count). The number of methoxy groups -OCH3 is 1. The van der Waals surface area contributed by atoms with Crippen LogP contribution in [0.25, 0.3) is 0 Å². The van der Waals surface area contributed by atoms with E-state index < -0.39 is 8.07 Å². The molecule has 1 aromatic carbocycles. The zero-order valence-electron chi connectivity index (χ0n) is 22.1. The molecule has 1 aromatic rings. The summed E-state index contributed by atoms with van der Waals surface area (Å²) >= 11 is 0. The number of hydrogen-bond acceptors (Lipinski definition) is 1. The maximum atomic E-state index is 6.26. The molecule has 2 heteroatoms. The fourth-order valence-corrected chi connectivity index (χ4v) is 10.9. The minimum Gasteiger partial charge on any atom is -0.497 e. The van der Waals surface area contributed by atoms with Crippen LogP contribution in [0.5, 0.6) is 5.75 Å². The van der Waals surface area contributed by atoms with E-state index in [1.165, 1.54) is 34.0 Å². The van der Waals surface area contributed by atoms with E-state index in [0.717, 1.165) is 5.75 Å². The number of rotatable bonds is 5. The molecule has 0 amide bonds. The van der Waals surface area contributed by atoms with E-state index in [0.29, 0.717) is 5.92 Å². The normalized spacial score (nSPS) is 18.5. The van der Waals surface area contributed by atoms with Crippen molar-refractivity contribution in [2.75, 3.05) is 7.11 Å². The predicted molar refractivity (Wildman–Crippen MR) is 137 cm³/mol. The first-order valence-corrected chi connectivity index (χ1v) is 14.2. The third-order valence-electron chi connectivity index (χ3n) is 7.85. The highest BCUT2D eigenvalue weighted by Crippen LogP contribution is 2.46. The van der Waals surface area contributed by atoms with E-state index in [9.17, 15) is 0 Å². The third-order valence-corrected chi connectivity index (χ3v) is 13.5. The Morgan fingerprint density at radius 1 is 0.867 bits per heavy atom. The van der Waals surface area contributed by atoms with Gasteiger partial charge in [0.25, 0.3) is 0 Å². The second-order valence-electron chi connectivity index (χ2n) is 11.5. The Morgan fingerprint density at radius 2 is 1.40 bits per heavy atom. The quantitative estimate of drug-likeness (QED) is 0.436. The molecule has 1 aliphatic carbocycles. The van der Waals surface area contributed by atoms with Crippen molar-refractivity contribution < 1.29 is 4.74 Å². The van der Waals surface area contributed by atoms with E-state index in [4.69, 9.17) is 4.74 Å². The first kappa shape index (κ1) is 25.0. The van der Waals surface area contributed by atoms with E-state index in [2.05, 4.69) is 95.2 Å². The Kier molecular flexibility index (Phi) is 6.94. The van der Waals surface area contributed by atoms with Gasteiger partial charge >= 0.3 is 0 Å². The second kappa shape index (κ2) is 8.34. The standard InChI is InChI=1S/C28H46OSi/c1-14-30(15-2,26-20(5)18(3)19(4)21(26)6)24-17-22(27(7,8)9)16-23(25(24)29-13)28(10,11)12/h16-17,20H,14-15H2,1-13H3. The zero-order valence-corrected chi connectivity index (χ0v) is 23.1. The molecule has 1 unspecified atom stereocenters. The summed E-state index contributed by atoms with van der Waals surface area (Å²) in [6.07, 6.45) is 0. The SMILES string of the molecule is CC[Si](CC)(C1=C(C)C(C)=C(C)C1C)c1cc(C(C)(C)C)cc(C(C)(C)C)c1OC. The van der Waals surface area contributed by atoms with Gasteiger partial charge in [0.1, 0.15) is 13.8 Å². The van der Waals surface area contributed by atoms with Crippen LogP contribution in [0.15, 0.2) is 34.0 Å². The minimum atomic E-state index is -1.97. The van der Waals surface area contributed by atoms with Crippen LogP contribution in [0.4, 0.5) is 0 Å². The molecule has 0 aliphatic heterocycles. The van der Waals surface area contributed by atoms with Crippen molar-refractivity contribution in [3.05, 3.63) is 45.2 Å². The van der Waals surface area contributed by atoms with Gasteiger partial charge in [0.05, 0.1) is 7.11 Å². The van der Waals surface area contributed by atoms with Crippen LogP contribution in [-0.2, 0) is 10.8 Å². The van der Waals surface area contributed by atoms with Crippen LogP contribution in [0.3, 0.4) is 0 Å². The molecule has 0 spiro atoms. The second-order valence-corrected chi connectivity index (χ2v) is 16.1. The van der Waals surface area contributed by atoms with Crippen LogP contribution >= 0.6 is 0 Å². The number of benzene rings is 1. The van der Waals surface area contributed by atoms with Crippen molar-refractivity contribution >= 4 is 13.3 Å². The van der Waals surface area contributed by atoms with Gasteiger partial charge in [-0.05, 0) is 59.4 Å². The van der Waals surface area contributed by atoms with Crippen LogP contribution in [0, 0.1) is 5.92 Å². The lowest BCUT2D eigenvalue weighted by molar-refractivity contribution is 0.399. The molecule has 0 aromatic heterocycles. The molecule has 30 heavy (non-hydrogen) atoms. The molecule has 0 saturated heterocycles. The minimum absolute atomic E-state index is 0.0395. The number of ether oxygens (including phenoxy) is 1. The zero-order chi connectivity index (χ0) is 23.2. The van der Waals surface area contributed by atoms with E-state index in [1.807, 2.05) is 7.11 Å². The van der Waals surface area contributed by atoms with Gasteiger partial charge in [-0.15, -0.1) is 0 Å². The topological polar surface area (TPSA) is 9.23 Å². The summed E-state index contributed by atoms with van der Waals surface area (Å²) in [5.74, 6) is 1.69. The molecule has 0 fully saturated rings. The van der Waals surface area contributed by atoms with Gasteiger partial charge in [-0.2, -0.15) is 0 Å². The molecule has 0 radical (unpaired) electrons. The highest BCUT2D eigenvalue weighted by atomic mass is 28.3. The average Bonchev–Trinajstić information content (AvgIpc) is 2.85. The van der Waals surface area contributed by atoms with Crippen molar-refractivity contribution in [3.63, 3.8) is 0 Å².